The van der Waals surface area contributed by atoms with E-state index in [1.54, 1.807) is 24.4 Å². The molecule has 0 spiro atoms. The predicted octanol–water partition coefficient (Wildman–Crippen LogP) is 11.9. The second-order valence-corrected chi connectivity index (χ2v) is 27.0. The van der Waals surface area contributed by atoms with Crippen LogP contribution in [0.1, 0.15) is 150 Å². The number of aryl methyl sites for hydroxylation is 3. The number of likely N-dealkylation sites (tertiary alicyclic amines) is 3. The van der Waals surface area contributed by atoms with Crippen LogP contribution in [0.5, 0.6) is 0 Å². The number of aromatic amines is 3. The lowest BCUT2D eigenvalue weighted by Crippen LogP contribution is -2.30. The number of halogens is 4. The van der Waals surface area contributed by atoms with Gasteiger partial charge in [-0.3, -0.25) is 38.7 Å². The number of hydrogen-bond donors (Lipinski definition) is 5. The molecule has 6 unspecified atom stereocenters. The average molecular weight is 1440 g/mol. The van der Waals surface area contributed by atoms with Crippen LogP contribution in [0, 0.1) is 56.0 Å². The zero-order valence-corrected chi connectivity index (χ0v) is 60.6. The molecule has 3 aliphatic rings. The van der Waals surface area contributed by atoms with Gasteiger partial charge in [0.25, 0.3) is 27.8 Å². The largest absolute Gasteiger partial charge is 0.346 e. The van der Waals surface area contributed by atoms with E-state index in [0.29, 0.717) is 68.8 Å². The van der Waals surface area contributed by atoms with E-state index >= 15 is 0 Å². The smallest absolute Gasteiger partial charge is 0.276 e. The summed E-state index contributed by atoms with van der Waals surface area (Å²) in [4.78, 5) is 82.8. The summed E-state index contributed by atoms with van der Waals surface area (Å²) in [6.07, 6.45) is 1.52. The first-order chi connectivity index (χ1) is 49.5. The van der Waals surface area contributed by atoms with Crippen molar-refractivity contribution in [1.29, 1.82) is 0 Å². The fourth-order valence-electron chi connectivity index (χ4n) is 13.3. The van der Waals surface area contributed by atoms with Crippen molar-refractivity contribution in [2.75, 3.05) is 58.9 Å². The van der Waals surface area contributed by atoms with Crippen molar-refractivity contribution < 1.29 is 22.8 Å². The lowest BCUT2D eigenvalue weighted by molar-refractivity contribution is 0.0949. The van der Waals surface area contributed by atoms with Gasteiger partial charge in [-0.15, -0.1) is 20.4 Å². The van der Waals surface area contributed by atoms with Gasteiger partial charge >= 0.3 is 0 Å². The van der Waals surface area contributed by atoms with Crippen molar-refractivity contribution in [2.24, 2.45) is 23.5 Å². The van der Waals surface area contributed by atoms with Crippen molar-refractivity contribution in [1.82, 2.24) is 74.9 Å². The molecule has 0 bridgehead atoms. The molecule has 3 aliphatic heterocycles. The van der Waals surface area contributed by atoms with E-state index in [1.807, 2.05) is 37.3 Å². The SMILES string of the molecule is C.CC1CN(Cc2ccccc2)CC1c1nnc(CN)c(=O)[nH]1.CCN(CC)CC.Cc1cc(F)ccc1-c1ncc2c(=O)[nH]c(C3CN(Cc4ccccc4)CC3C)nn12.Cc1cc(F)ccc1C(=O)Cl.Cc1cc(F)ccc1C(=O)NCc1nnc(C2CN(Cc3ccccc3)CC2C)[nH]c1=O. The Hall–Kier alpha value is -9.69. The Kier molecular flexibility index (Phi) is 29.4. The number of amides is 1. The summed E-state index contributed by atoms with van der Waals surface area (Å²) in [6, 6.07) is 43.4. The van der Waals surface area contributed by atoms with E-state index in [1.165, 1.54) is 91.1 Å². The van der Waals surface area contributed by atoms with Gasteiger partial charge in [-0.1, -0.05) is 140 Å². The van der Waals surface area contributed by atoms with Crippen LogP contribution in [-0.4, -0.2) is 140 Å². The summed E-state index contributed by atoms with van der Waals surface area (Å²) in [7, 11) is 0. The van der Waals surface area contributed by atoms with Gasteiger partial charge in [-0.25, -0.2) is 22.7 Å². The van der Waals surface area contributed by atoms with Crippen molar-refractivity contribution in [3.8, 4) is 11.4 Å². The fourth-order valence-corrected chi connectivity index (χ4v) is 13.5. The summed E-state index contributed by atoms with van der Waals surface area (Å²) >= 11 is 5.20. The highest BCUT2D eigenvalue weighted by Gasteiger charge is 2.36. The average Bonchev–Trinajstić information content (AvgIpc) is 1.62. The third-order valence-electron chi connectivity index (χ3n) is 19.1. The number of aromatic nitrogens is 10. The minimum Gasteiger partial charge on any atom is -0.346 e. The molecule has 25 heteroatoms. The van der Waals surface area contributed by atoms with E-state index in [0.717, 1.165) is 70.0 Å². The maximum atomic E-state index is 13.6. The Morgan fingerprint density at radius 2 is 0.942 bits per heavy atom. The maximum Gasteiger partial charge on any atom is 0.276 e. The number of rotatable bonds is 18. The van der Waals surface area contributed by atoms with Gasteiger partial charge in [0.2, 0.25) is 0 Å². The van der Waals surface area contributed by atoms with Crippen molar-refractivity contribution in [2.45, 2.75) is 120 Å². The van der Waals surface area contributed by atoms with Crippen LogP contribution in [0.25, 0.3) is 16.9 Å². The van der Waals surface area contributed by atoms with Gasteiger partial charge in [0.1, 0.15) is 46.3 Å². The van der Waals surface area contributed by atoms with Crippen LogP contribution in [0.2, 0.25) is 0 Å². The summed E-state index contributed by atoms with van der Waals surface area (Å²) in [5, 5.41) is 23.4. The summed E-state index contributed by atoms with van der Waals surface area (Å²) < 4.78 is 40.9. The summed E-state index contributed by atoms with van der Waals surface area (Å²) in [6.45, 7) is 29.8. The minimum atomic E-state index is -0.553. The van der Waals surface area contributed by atoms with E-state index < -0.39 is 17.0 Å². The monoisotopic (exact) mass is 1440 g/mol. The Balaban J connectivity index is 0.000000177. The standard InChI is InChI=1S/C24H26FN5O2.C24H24FN5O.C16H21N5O.C8H6ClFO.C6H15N.CH4/c1-15-10-18(25)8-9-19(15)23(31)26-11-21-24(32)27-22(29-28-21)20-14-30(12-16(20)2)13-17-6-4-3-5-7-17;1-15-10-18(25)8-9-19(15)23-26-11-21-24(31)27-22(28-30(21)23)20-14-29(12-16(20)2)13-17-6-4-3-5-7-17;1-11-8-21(9-12-5-3-2-4-6-12)10-13(11)15-18-16(22)14(7-17)19-20-15;1-5-4-6(10)2-3-7(5)8(9)11;1-4-7(5-2)6-3;/h3-10,16,20H,11-14H2,1-2H3,(H,26,31)(H,27,29,32);3-11,16,20H,12-14H2,1-2H3,(H,27,28,31);2-6,11,13H,7-10,17H2,1H3,(H,18,20,22);2-4H,1H3;4-6H2,1-3H3;1H4. The molecule has 1 amide bonds. The predicted molar refractivity (Wildman–Crippen MR) is 402 cm³/mol. The number of imidazole rings is 1. The topological polar surface area (TPSA) is 265 Å². The van der Waals surface area contributed by atoms with E-state index in [4.69, 9.17) is 22.4 Å². The molecule has 0 radical (unpaired) electrons. The number of fused-ring (bicyclic) bond motifs is 1. The molecular weight excluding hydrogens is 1350 g/mol. The molecule has 10 aromatic rings. The van der Waals surface area contributed by atoms with E-state index in [2.05, 4.69) is 167 Å². The number of nitrogens with two attached hydrogens (primary N) is 1. The van der Waals surface area contributed by atoms with Gasteiger partial charge in [0, 0.05) is 99.9 Å². The first kappa shape index (κ1) is 80.0. The van der Waals surface area contributed by atoms with Gasteiger partial charge in [0.05, 0.1) is 12.7 Å². The molecule has 13 rings (SSSR count). The number of carbonyl (C=O) groups excluding carboxylic acids is 2. The van der Waals surface area contributed by atoms with Gasteiger partial charge in [0.15, 0.2) is 11.3 Å². The number of nitrogens with zero attached hydrogens (tertiary/aromatic N) is 11. The number of H-pyrrole nitrogens is 3. The summed E-state index contributed by atoms with van der Waals surface area (Å²) in [5.74, 6) is 2.52. The Labute approximate surface area is 610 Å². The highest BCUT2D eigenvalue weighted by molar-refractivity contribution is 6.67. The zero-order valence-electron chi connectivity index (χ0n) is 59.8. The van der Waals surface area contributed by atoms with Crippen molar-refractivity contribution in [3.63, 3.8) is 0 Å². The Morgan fingerprint density at radius 1 is 0.538 bits per heavy atom. The maximum absolute atomic E-state index is 13.6. The van der Waals surface area contributed by atoms with Crippen LogP contribution in [-0.2, 0) is 32.7 Å². The van der Waals surface area contributed by atoms with Crippen molar-refractivity contribution in [3.05, 3.63) is 274 Å². The molecule has 3 fully saturated rings. The minimum absolute atomic E-state index is 0. The second-order valence-electron chi connectivity index (χ2n) is 26.6. The third-order valence-corrected chi connectivity index (χ3v) is 19.3. The highest BCUT2D eigenvalue weighted by atomic mass is 35.5. The van der Waals surface area contributed by atoms with Crippen LogP contribution < -0.4 is 27.7 Å². The number of hydrogen-bond acceptors (Lipinski definition) is 16. The van der Waals surface area contributed by atoms with Crippen LogP contribution in [0.4, 0.5) is 13.2 Å². The Bertz CT molecular complexity index is 4630. The first-order valence-electron chi connectivity index (χ1n) is 34.9. The lowest BCUT2D eigenvalue weighted by atomic mass is 9.97. The molecular formula is C79H96ClF3N16O5. The molecule has 6 atom stereocenters. The molecule has 4 aromatic heterocycles. The number of carbonyl (C=O) groups is 2. The van der Waals surface area contributed by atoms with E-state index in [-0.39, 0.29) is 78.0 Å². The molecule has 6 aromatic carbocycles. The molecule has 7 heterocycles. The molecule has 0 aliphatic carbocycles. The van der Waals surface area contributed by atoms with Crippen molar-refractivity contribution >= 4 is 28.3 Å². The first-order valence-corrected chi connectivity index (χ1v) is 35.3. The third kappa shape index (κ3) is 21.5. The Morgan fingerprint density at radius 3 is 1.34 bits per heavy atom. The van der Waals surface area contributed by atoms with E-state index in [9.17, 15) is 37.1 Å². The van der Waals surface area contributed by atoms with Crippen LogP contribution in [0.15, 0.2) is 166 Å². The molecule has 550 valence electrons. The van der Waals surface area contributed by atoms with Crippen LogP contribution in [0.3, 0.4) is 0 Å². The number of benzene rings is 6. The van der Waals surface area contributed by atoms with Gasteiger partial charge in [-0.2, -0.15) is 5.10 Å². The van der Waals surface area contributed by atoms with Gasteiger partial charge in [-0.05, 0) is 158 Å². The quantitative estimate of drug-likeness (QED) is 0.0500. The zero-order chi connectivity index (χ0) is 73.9. The van der Waals surface area contributed by atoms with Gasteiger partial charge < -0.3 is 30.9 Å². The molecule has 3 saturated heterocycles. The number of nitrogens with one attached hydrogen (secondary N) is 4. The highest BCUT2D eigenvalue weighted by Crippen LogP contribution is 2.34. The summed E-state index contributed by atoms with van der Waals surface area (Å²) in [5.41, 5.74) is 12.6. The molecule has 0 saturated carbocycles. The molecule has 104 heavy (non-hydrogen) atoms. The van der Waals surface area contributed by atoms with Crippen LogP contribution >= 0.6 is 11.6 Å². The molecule has 21 nitrogen and oxygen atoms in total. The lowest BCUT2D eigenvalue weighted by Gasteiger charge is -2.16. The second kappa shape index (κ2) is 38.2. The molecule has 6 N–H and O–H groups in total. The normalized spacial score (nSPS) is 17.9. The fraction of sp³-hybridized carbons (Fsp3) is 0.380.